The maximum atomic E-state index is 11.5. The van der Waals surface area contributed by atoms with Gasteiger partial charge in [0.05, 0.1) is 7.11 Å². The first kappa shape index (κ1) is 21.0. The molecule has 4 atom stereocenters. The third-order valence-corrected chi connectivity index (χ3v) is 7.45. The zero-order valence-corrected chi connectivity index (χ0v) is 17.4. The van der Waals surface area contributed by atoms with Gasteiger partial charge in [-0.15, -0.1) is 0 Å². The summed E-state index contributed by atoms with van der Waals surface area (Å²) in [5, 5.41) is 0. The molecule has 2 rings (SSSR count). The quantitative estimate of drug-likeness (QED) is 0.375. The van der Waals surface area contributed by atoms with Gasteiger partial charge in [0.15, 0.2) is 0 Å². The highest BCUT2D eigenvalue weighted by Crippen LogP contribution is 2.63. The van der Waals surface area contributed by atoms with Gasteiger partial charge in [-0.2, -0.15) is 0 Å². The second kappa shape index (κ2) is 7.74. The van der Waals surface area contributed by atoms with Crippen molar-refractivity contribution in [1.29, 1.82) is 0 Å². The number of hydrogen-bond acceptors (Lipinski definition) is 4. The highest BCUT2D eigenvalue weighted by molar-refractivity contribution is 5.82. The van der Waals surface area contributed by atoms with Crippen LogP contribution in [0.1, 0.15) is 79.6 Å². The summed E-state index contributed by atoms with van der Waals surface area (Å²) >= 11 is 0. The zero-order chi connectivity index (χ0) is 19.6. The Morgan fingerprint density at radius 1 is 1.15 bits per heavy atom. The minimum absolute atomic E-state index is 0.156. The number of rotatable bonds is 6. The fourth-order valence-corrected chi connectivity index (χ4v) is 6.20. The van der Waals surface area contributed by atoms with E-state index in [-0.39, 0.29) is 11.4 Å². The minimum atomic E-state index is -0.425. The van der Waals surface area contributed by atoms with E-state index in [0.717, 1.165) is 31.3 Å². The van der Waals surface area contributed by atoms with Crippen LogP contribution in [0.4, 0.5) is 0 Å². The minimum Gasteiger partial charge on any atom is -0.466 e. The summed E-state index contributed by atoms with van der Waals surface area (Å²) in [5.74, 6) is 0.627. The van der Waals surface area contributed by atoms with Gasteiger partial charge in [0.25, 0.3) is 6.47 Å². The predicted octanol–water partition coefficient (Wildman–Crippen LogP) is 5.06. The second-order valence-electron chi connectivity index (χ2n) is 9.57. The molecule has 0 aromatic rings. The van der Waals surface area contributed by atoms with E-state index in [1.807, 2.05) is 6.92 Å². The lowest BCUT2D eigenvalue weighted by Crippen LogP contribution is -2.58. The van der Waals surface area contributed by atoms with Gasteiger partial charge < -0.3 is 9.47 Å². The number of ether oxygens (including phenoxy) is 2. The molecule has 4 heteroatoms. The predicted molar refractivity (Wildman–Crippen MR) is 103 cm³/mol. The Labute approximate surface area is 158 Å². The number of esters is 1. The zero-order valence-electron chi connectivity index (χ0n) is 17.4. The van der Waals surface area contributed by atoms with Crippen molar-refractivity contribution >= 4 is 12.4 Å². The van der Waals surface area contributed by atoms with E-state index in [9.17, 15) is 9.59 Å². The Morgan fingerprint density at radius 2 is 1.85 bits per heavy atom. The lowest BCUT2D eigenvalue weighted by molar-refractivity contribution is -0.190. The number of hydrogen-bond donors (Lipinski definition) is 0. The van der Waals surface area contributed by atoms with Crippen LogP contribution in [0.25, 0.3) is 0 Å². The summed E-state index contributed by atoms with van der Waals surface area (Å²) < 4.78 is 10.4. The van der Waals surface area contributed by atoms with Gasteiger partial charge in [-0.3, -0.25) is 4.79 Å². The molecule has 0 bridgehead atoms. The third-order valence-electron chi connectivity index (χ3n) is 7.45. The average molecular weight is 365 g/mol. The van der Waals surface area contributed by atoms with Crippen LogP contribution in [0.5, 0.6) is 0 Å². The number of methoxy groups -OCH3 is 1. The molecular weight excluding hydrogens is 328 g/mol. The van der Waals surface area contributed by atoms with Gasteiger partial charge in [0, 0.05) is 12.0 Å². The van der Waals surface area contributed by atoms with Crippen LogP contribution in [-0.2, 0) is 19.1 Å². The van der Waals surface area contributed by atoms with Gasteiger partial charge >= 0.3 is 5.97 Å². The summed E-state index contributed by atoms with van der Waals surface area (Å²) in [6.45, 7) is 11.9. The molecule has 26 heavy (non-hydrogen) atoms. The van der Waals surface area contributed by atoms with Gasteiger partial charge in [-0.05, 0) is 69.1 Å². The summed E-state index contributed by atoms with van der Waals surface area (Å²) in [7, 11) is 1.40. The summed E-state index contributed by atoms with van der Waals surface area (Å²) in [5.41, 5.74) is 1.08. The van der Waals surface area contributed by atoms with Crippen LogP contribution >= 0.6 is 0 Å². The van der Waals surface area contributed by atoms with Gasteiger partial charge in [0.2, 0.25) is 0 Å². The van der Waals surface area contributed by atoms with E-state index in [0.29, 0.717) is 23.7 Å². The third kappa shape index (κ3) is 3.99. The van der Waals surface area contributed by atoms with E-state index in [1.54, 1.807) is 6.08 Å². The fraction of sp³-hybridized carbons (Fsp3) is 0.818. The molecular formula is C22H36O4. The highest BCUT2D eigenvalue weighted by atomic mass is 16.5. The molecule has 0 radical (unpaired) electrons. The SMILES string of the molecule is COC(=O)/C=C(/C)CC[C@H]1[C@](C)(OC=O)CCC2C(C)(C)CCC[C@@]21C. The Kier molecular flexibility index (Phi) is 6.24. The van der Waals surface area contributed by atoms with Crippen LogP contribution in [0.2, 0.25) is 0 Å². The molecule has 0 aliphatic heterocycles. The molecule has 0 amide bonds. The topological polar surface area (TPSA) is 52.6 Å². The van der Waals surface area contributed by atoms with Crippen LogP contribution in [-0.4, -0.2) is 25.2 Å². The molecule has 2 saturated carbocycles. The first-order valence-corrected chi connectivity index (χ1v) is 9.95. The number of carbonyl (C=O) groups excluding carboxylic acids is 2. The lowest BCUT2D eigenvalue weighted by Gasteiger charge is -2.61. The molecule has 2 fully saturated rings. The van der Waals surface area contributed by atoms with E-state index in [1.165, 1.54) is 26.4 Å². The van der Waals surface area contributed by atoms with Gasteiger partial charge in [-0.25, -0.2) is 4.79 Å². The molecule has 0 heterocycles. The van der Waals surface area contributed by atoms with Crippen molar-refractivity contribution in [3.63, 3.8) is 0 Å². The average Bonchev–Trinajstić information content (AvgIpc) is 2.53. The van der Waals surface area contributed by atoms with Crippen LogP contribution in [0, 0.1) is 22.7 Å². The van der Waals surface area contributed by atoms with Crippen molar-refractivity contribution in [2.75, 3.05) is 7.11 Å². The van der Waals surface area contributed by atoms with Crippen molar-refractivity contribution in [3.05, 3.63) is 11.6 Å². The fourth-order valence-electron chi connectivity index (χ4n) is 6.20. The first-order chi connectivity index (χ1) is 12.1. The standard InChI is InChI=1S/C22H36O4/c1-16(14-19(24)25-6)8-9-18-21(4)12-7-11-20(2,3)17(21)10-13-22(18,5)26-15-23/h14-15,17-18H,7-13H2,1-6H3/b16-14-/t17?,18-,21+,22-/m1/s1. The number of fused-ring (bicyclic) bond motifs is 1. The second-order valence-corrected chi connectivity index (χ2v) is 9.57. The van der Waals surface area contributed by atoms with Gasteiger partial charge in [0.1, 0.15) is 5.60 Å². The van der Waals surface area contributed by atoms with Crippen molar-refractivity contribution in [1.82, 2.24) is 0 Å². The smallest absolute Gasteiger partial charge is 0.330 e. The molecule has 4 nitrogen and oxygen atoms in total. The molecule has 1 unspecified atom stereocenters. The molecule has 148 valence electrons. The van der Waals surface area contributed by atoms with Crippen molar-refractivity contribution in [2.24, 2.45) is 22.7 Å². The highest BCUT2D eigenvalue weighted by Gasteiger charge is 2.58. The van der Waals surface area contributed by atoms with E-state index >= 15 is 0 Å². The van der Waals surface area contributed by atoms with E-state index < -0.39 is 5.60 Å². The Balaban J connectivity index is 2.29. The van der Waals surface area contributed by atoms with Crippen molar-refractivity contribution < 1.29 is 19.1 Å². The molecule has 0 aromatic carbocycles. The summed E-state index contributed by atoms with van der Waals surface area (Å²) in [4.78, 5) is 22.8. The molecule has 0 saturated heterocycles. The van der Waals surface area contributed by atoms with Gasteiger partial charge in [-0.1, -0.05) is 32.8 Å². The summed E-state index contributed by atoms with van der Waals surface area (Å²) in [6, 6.07) is 0. The van der Waals surface area contributed by atoms with E-state index in [2.05, 4.69) is 27.7 Å². The molecule has 0 N–H and O–H groups in total. The van der Waals surface area contributed by atoms with Crippen LogP contribution < -0.4 is 0 Å². The van der Waals surface area contributed by atoms with Crippen molar-refractivity contribution in [2.45, 2.75) is 85.2 Å². The molecule has 0 aromatic heterocycles. The maximum Gasteiger partial charge on any atom is 0.330 e. The Hall–Kier alpha value is -1.32. The summed E-state index contributed by atoms with van der Waals surface area (Å²) in [6.07, 6.45) is 9.03. The van der Waals surface area contributed by atoms with Crippen LogP contribution in [0.15, 0.2) is 11.6 Å². The first-order valence-electron chi connectivity index (χ1n) is 9.95. The maximum absolute atomic E-state index is 11.5. The number of allylic oxidation sites excluding steroid dienone is 1. The largest absolute Gasteiger partial charge is 0.466 e. The van der Waals surface area contributed by atoms with Crippen LogP contribution in [0.3, 0.4) is 0 Å². The Bertz CT molecular complexity index is 564. The molecule has 0 spiro atoms. The van der Waals surface area contributed by atoms with Crippen molar-refractivity contribution in [3.8, 4) is 0 Å². The number of carbonyl (C=O) groups is 2. The lowest BCUT2D eigenvalue weighted by atomic mass is 9.45. The molecule has 2 aliphatic rings. The monoisotopic (exact) mass is 364 g/mol. The molecule has 2 aliphatic carbocycles. The Morgan fingerprint density at radius 3 is 2.46 bits per heavy atom. The normalized spacial score (nSPS) is 36.8. The van der Waals surface area contributed by atoms with E-state index in [4.69, 9.17) is 9.47 Å².